The van der Waals surface area contributed by atoms with Crippen molar-refractivity contribution >= 4 is 5.91 Å². The molecule has 0 radical (unpaired) electrons. The maximum Gasteiger partial charge on any atom is 0.393 e. The molecule has 0 aliphatic heterocycles. The molecule has 2 atom stereocenters. The summed E-state index contributed by atoms with van der Waals surface area (Å²) in [5.74, 6) is -0.773. The molecule has 1 saturated carbocycles. The SMILES string of the molecule is COc1cc(CC(=O)NC2CCCCC2C(F)(F)F)cc(OC)c1OC. The van der Waals surface area contributed by atoms with Crippen LogP contribution in [0.5, 0.6) is 17.2 Å². The lowest BCUT2D eigenvalue weighted by Crippen LogP contribution is -2.48. The maximum absolute atomic E-state index is 13.2. The Kier molecular flexibility index (Phi) is 6.61. The van der Waals surface area contributed by atoms with Gasteiger partial charge in [-0.3, -0.25) is 4.79 Å². The van der Waals surface area contributed by atoms with Gasteiger partial charge in [0.25, 0.3) is 0 Å². The van der Waals surface area contributed by atoms with Crippen LogP contribution in [-0.2, 0) is 11.2 Å². The van der Waals surface area contributed by atoms with E-state index in [9.17, 15) is 18.0 Å². The summed E-state index contributed by atoms with van der Waals surface area (Å²) >= 11 is 0. The number of carbonyl (C=O) groups is 1. The summed E-state index contributed by atoms with van der Waals surface area (Å²) in [5.41, 5.74) is 0.566. The van der Waals surface area contributed by atoms with Crippen LogP contribution >= 0.6 is 0 Å². The average Bonchev–Trinajstić information content (AvgIpc) is 2.60. The molecule has 2 rings (SSSR count). The van der Waals surface area contributed by atoms with Crippen molar-refractivity contribution in [2.45, 2.75) is 44.3 Å². The number of rotatable bonds is 6. The number of hydrogen-bond acceptors (Lipinski definition) is 4. The highest BCUT2D eigenvalue weighted by atomic mass is 19.4. The third-order valence-electron chi connectivity index (χ3n) is 4.62. The minimum Gasteiger partial charge on any atom is -0.493 e. The van der Waals surface area contributed by atoms with Crippen LogP contribution in [0.1, 0.15) is 31.2 Å². The predicted octanol–water partition coefficient (Wildman–Crippen LogP) is 3.49. The van der Waals surface area contributed by atoms with E-state index >= 15 is 0 Å². The number of methoxy groups -OCH3 is 3. The monoisotopic (exact) mass is 375 g/mol. The van der Waals surface area contributed by atoms with Crippen molar-refractivity contribution in [2.24, 2.45) is 5.92 Å². The molecule has 1 aliphatic rings. The quantitative estimate of drug-likeness (QED) is 0.827. The van der Waals surface area contributed by atoms with Gasteiger partial charge in [0, 0.05) is 6.04 Å². The summed E-state index contributed by atoms with van der Waals surface area (Å²) in [6, 6.07) is 2.35. The van der Waals surface area contributed by atoms with E-state index in [1.807, 2.05) is 0 Å². The molecule has 146 valence electrons. The molecule has 5 nitrogen and oxygen atoms in total. The first-order valence-electron chi connectivity index (χ1n) is 8.45. The Balaban J connectivity index is 2.12. The number of halogens is 3. The Morgan fingerprint density at radius 2 is 1.65 bits per heavy atom. The zero-order valence-electron chi connectivity index (χ0n) is 15.1. The molecule has 1 N–H and O–H groups in total. The fourth-order valence-corrected chi connectivity index (χ4v) is 3.38. The van der Waals surface area contributed by atoms with Gasteiger partial charge in [0.15, 0.2) is 11.5 Å². The molecule has 0 saturated heterocycles. The van der Waals surface area contributed by atoms with Crippen molar-refractivity contribution < 1.29 is 32.2 Å². The molecular formula is C18H24F3NO4. The van der Waals surface area contributed by atoms with Crippen LogP contribution < -0.4 is 19.5 Å². The molecule has 0 spiro atoms. The topological polar surface area (TPSA) is 56.8 Å². The van der Waals surface area contributed by atoms with Gasteiger partial charge in [-0.05, 0) is 30.5 Å². The lowest BCUT2D eigenvalue weighted by Gasteiger charge is -2.33. The first kappa shape index (κ1) is 20.2. The van der Waals surface area contributed by atoms with Crippen LogP contribution in [0.2, 0.25) is 0 Å². The second-order valence-corrected chi connectivity index (χ2v) is 6.32. The van der Waals surface area contributed by atoms with Crippen LogP contribution in [0.4, 0.5) is 13.2 Å². The Labute approximate surface area is 150 Å². The van der Waals surface area contributed by atoms with Crippen molar-refractivity contribution in [3.63, 3.8) is 0 Å². The largest absolute Gasteiger partial charge is 0.493 e. The summed E-state index contributed by atoms with van der Waals surface area (Å²) in [4.78, 5) is 12.3. The zero-order valence-corrected chi connectivity index (χ0v) is 15.1. The predicted molar refractivity (Wildman–Crippen MR) is 89.7 cm³/mol. The molecule has 26 heavy (non-hydrogen) atoms. The third-order valence-corrected chi connectivity index (χ3v) is 4.62. The van der Waals surface area contributed by atoms with E-state index in [1.165, 1.54) is 21.3 Å². The van der Waals surface area contributed by atoms with Crippen molar-refractivity contribution in [3.05, 3.63) is 17.7 Å². The average molecular weight is 375 g/mol. The third kappa shape index (κ3) is 4.74. The Bertz CT molecular complexity index is 608. The summed E-state index contributed by atoms with van der Waals surface area (Å²) < 4.78 is 55.1. The minimum absolute atomic E-state index is 0.0542. The van der Waals surface area contributed by atoms with Gasteiger partial charge in [0.1, 0.15) is 0 Å². The zero-order chi connectivity index (χ0) is 19.3. The van der Waals surface area contributed by atoms with Gasteiger partial charge in [-0.2, -0.15) is 13.2 Å². The number of ether oxygens (including phenoxy) is 3. The van der Waals surface area contributed by atoms with Crippen molar-refractivity contribution in [1.29, 1.82) is 0 Å². The number of amides is 1. The molecule has 1 aromatic carbocycles. The fourth-order valence-electron chi connectivity index (χ4n) is 3.38. The summed E-state index contributed by atoms with van der Waals surface area (Å²) in [7, 11) is 4.38. The standard InChI is InChI=1S/C18H24F3NO4/c1-24-14-8-11(9-15(25-2)17(14)26-3)10-16(23)22-13-7-5-4-6-12(13)18(19,20)21/h8-9,12-13H,4-7,10H2,1-3H3,(H,22,23). The Hall–Kier alpha value is -2.12. The van der Waals surface area contributed by atoms with Crippen LogP contribution in [0.3, 0.4) is 0 Å². The second kappa shape index (κ2) is 8.51. The summed E-state index contributed by atoms with van der Waals surface area (Å²) in [6.07, 6.45) is -2.77. The first-order chi connectivity index (χ1) is 12.3. The van der Waals surface area contributed by atoms with Crippen molar-refractivity contribution in [2.75, 3.05) is 21.3 Å². The highest BCUT2D eigenvalue weighted by Gasteiger charge is 2.45. The number of hydrogen-bond donors (Lipinski definition) is 1. The van der Waals surface area contributed by atoms with Crippen LogP contribution in [0, 0.1) is 5.92 Å². The number of carbonyl (C=O) groups excluding carboxylic acids is 1. The van der Waals surface area contributed by atoms with Crippen LogP contribution in [0.25, 0.3) is 0 Å². The lowest BCUT2D eigenvalue weighted by atomic mass is 9.84. The van der Waals surface area contributed by atoms with E-state index in [0.717, 1.165) is 0 Å². The molecule has 2 unspecified atom stereocenters. The lowest BCUT2D eigenvalue weighted by molar-refractivity contribution is -0.189. The highest BCUT2D eigenvalue weighted by molar-refractivity contribution is 5.79. The van der Waals surface area contributed by atoms with Gasteiger partial charge in [-0.1, -0.05) is 12.8 Å². The molecule has 0 bridgehead atoms. The van der Waals surface area contributed by atoms with E-state index < -0.39 is 24.0 Å². The molecule has 1 amide bonds. The van der Waals surface area contributed by atoms with E-state index in [-0.39, 0.29) is 12.8 Å². The van der Waals surface area contributed by atoms with Gasteiger partial charge in [-0.25, -0.2) is 0 Å². The number of nitrogens with one attached hydrogen (secondary N) is 1. The first-order valence-corrected chi connectivity index (χ1v) is 8.45. The molecule has 8 heteroatoms. The van der Waals surface area contributed by atoms with E-state index in [4.69, 9.17) is 14.2 Å². The number of benzene rings is 1. The summed E-state index contributed by atoms with van der Waals surface area (Å²) in [6.45, 7) is 0. The van der Waals surface area contributed by atoms with Gasteiger partial charge in [-0.15, -0.1) is 0 Å². The maximum atomic E-state index is 13.2. The van der Waals surface area contributed by atoms with Crippen molar-refractivity contribution in [1.82, 2.24) is 5.32 Å². The van der Waals surface area contributed by atoms with Crippen LogP contribution in [0.15, 0.2) is 12.1 Å². The summed E-state index contributed by atoms with van der Waals surface area (Å²) in [5, 5.41) is 2.56. The molecule has 1 fully saturated rings. The normalized spacial score (nSPS) is 20.4. The Morgan fingerprint density at radius 3 is 2.15 bits per heavy atom. The highest BCUT2D eigenvalue weighted by Crippen LogP contribution is 2.39. The molecule has 1 aromatic rings. The van der Waals surface area contributed by atoms with E-state index in [1.54, 1.807) is 12.1 Å². The molecule has 0 aromatic heterocycles. The molecule has 0 heterocycles. The van der Waals surface area contributed by atoms with Crippen molar-refractivity contribution in [3.8, 4) is 17.2 Å². The Morgan fingerprint density at radius 1 is 1.08 bits per heavy atom. The molecule has 1 aliphatic carbocycles. The van der Waals surface area contributed by atoms with E-state index in [0.29, 0.717) is 42.1 Å². The van der Waals surface area contributed by atoms with Gasteiger partial charge >= 0.3 is 6.18 Å². The smallest absolute Gasteiger partial charge is 0.393 e. The second-order valence-electron chi connectivity index (χ2n) is 6.32. The molecular weight excluding hydrogens is 351 g/mol. The number of alkyl halides is 3. The van der Waals surface area contributed by atoms with Gasteiger partial charge < -0.3 is 19.5 Å². The van der Waals surface area contributed by atoms with Gasteiger partial charge in [0.05, 0.1) is 33.7 Å². The fraction of sp³-hybridized carbons (Fsp3) is 0.611. The van der Waals surface area contributed by atoms with E-state index in [2.05, 4.69) is 5.32 Å². The van der Waals surface area contributed by atoms with Crippen LogP contribution in [-0.4, -0.2) is 39.5 Å². The van der Waals surface area contributed by atoms with Gasteiger partial charge in [0.2, 0.25) is 11.7 Å². The minimum atomic E-state index is -4.30.